The van der Waals surface area contributed by atoms with Crippen molar-refractivity contribution < 1.29 is 14.3 Å². The quantitative estimate of drug-likeness (QED) is 0.733. The average Bonchev–Trinajstić information content (AvgIpc) is 2.96. The van der Waals surface area contributed by atoms with E-state index in [9.17, 15) is 14.4 Å². The Bertz CT molecular complexity index is 747. The van der Waals surface area contributed by atoms with Crippen LogP contribution in [-0.4, -0.2) is 49.6 Å². The Kier molecular flexibility index (Phi) is 5.45. The third-order valence-corrected chi connectivity index (χ3v) is 3.45. The van der Waals surface area contributed by atoms with Crippen molar-refractivity contribution in [3.63, 3.8) is 0 Å². The number of nitrogens with zero attached hydrogens (tertiary/aromatic N) is 4. The van der Waals surface area contributed by atoms with Gasteiger partial charge >= 0.3 is 5.97 Å². The number of H-pyrrole nitrogens is 1. The number of esters is 1. The second kappa shape index (κ2) is 7.52. The Hall–Kier alpha value is -2.71. The van der Waals surface area contributed by atoms with E-state index in [-0.39, 0.29) is 31.0 Å². The highest BCUT2D eigenvalue weighted by Crippen LogP contribution is 2.05. The summed E-state index contributed by atoms with van der Waals surface area (Å²) in [6.07, 6.45) is 2.73. The van der Waals surface area contributed by atoms with Crippen LogP contribution >= 0.6 is 0 Å². The summed E-state index contributed by atoms with van der Waals surface area (Å²) in [5.41, 5.74) is 0.0261. The molecule has 2 aromatic heterocycles. The van der Waals surface area contributed by atoms with Crippen LogP contribution in [0.1, 0.15) is 26.7 Å². The summed E-state index contributed by atoms with van der Waals surface area (Å²) in [7, 11) is 0. The minimum Gasteiger partial charge on any atom is -0.442 e. The number of nitrogens with one attached hydrogen (secondary N) is 1. The molecule has 0 aliphatic carbocycles. The molecule has 0 aliphatic heterocycles. The zero-order valence-electron chi connectivity index (χ0n) is 13.1. The van der Waals surface area contributed by atoms with Gasteiger partial charge < -0.3 is 14.6 Å². The average molecular weight is 321 g/mol. The number of rotatable bonds is 7. The fraction of sp³-hybridized carbons (Fsp3) is 0.500. The monoisotopic (exact) mass is 321 g/mol. The van der Waals surface area contributed by atoms with Gasteiger partial charge in [-0.15, -0.1) is 0 Å². The zero-order chi connectivity index (χ0) is 16.8. The highest BCUT2D eigenvalue weighted by Gasteiger charge is 2.14. The van der Waals surface area contributed by atoms with Crippen LogP contribution in [0.2, 0.25) is 0 Å². The van der Waals surface area contributed by atoms with Gasteiger partial charge in [0, 0.05) is 19.5 Å². The maximum absolute atomic E-state index is 11.8. The summed E-state index contributed by atoms with van der Waals surface area (Å²) in [5.74, 6) is -0.580. The molecule has 0 bridgehead atoms. The van der Waals surface area contributed by atoms with Gasteiger partial charge in [0.05, 0.1) is 18.9 Å². The molecular weight excluding hydrogens is 302 g/mol. The molecule has 0 aromatic carbocycles. The number of carbonyl (C=O) groups excluding carboxylic acids is 2. The van der Waals surface area contributed by atoms with Crippen LogP contribution in [0.25, 0.3) is 11.0 Å². The molecule has 1 amide bonds. The van der Waals surface area contributed by atoms with E-state index in [4.69, 9.17) is 4.74 Å². The Labute approximate surface area is 132 Å². The van der Waals surface area contributed by atoms with Crippen LogP contribution in [0.3, 0.4) is 0 Å². The first-order valence-electron chi connectivity index (χ1n) is 7.39. The van der Waals surface area contributed by atoms with E-state index < -0.39 is 5.97 Å². The lowest BCUT2D eigenvalue weighted by molar-refractivity contribution is -0.149. The zero-order valence-corrected chi connectivity index (χ0v) is 13.1. The predicted octanol–water partition coefficient (Wildman–Crippen LogP) is 0.269. The Morgan fingerprint density at radius 2 is 2.04 bits per heavy atom. The molecule has 2 aromatic rings. The van der Waals surface area contributed by atoms with Crippen LogP contribution in [0.15, 0.2) is 17.3 Å². The molecule has 0 radical (unpaired) electrons. The Morgan fingerprint density at radius 1 is 1.30 bits per heavy atom. The molecule has 2 rings (SSSR count). The summed E-state index contributed by atoms with van der Waals surface area (Å²) in [5, 5.41) is 4.28. The Morgan fingerprint density at radius 3 is 2.74 bits per heavy atom. The summed E-state index contributed by atoms with van der Waals surface area (Å²) in [4.78, 5) is 43.1. The number of hydrogen-bond donors (Lipinski definition) is 1. The normalized spacial score (nSPS) is 10.7. The van der Waals surface area contributed by atoms with E-state index in [2.05, 4.69) is 15.1 Å². The molecule has 23 heavy (non-hydrogen) atoms. The molecule has 0 aliphatic rings. The van der Waals surface area contributed by atoms with Crippen molar-refractivity contribution >= 4 is 22.9 Å². The summed E-state index contributed by atoms with van der Waals surface area (Å²) in [6, 6.07) is 0. The smallest absolute Gasteiger partial charge is 0.308 e. The highest BCUT2D eigenvalue weighted by atomic mass is 16.5. The van der Waals surface area contributed by atoms with Gasteiger partial charge in [-0.2, -0.15) is 5.10 Å². The van der Waals surface area contributed by atoms with Crippen molar-refractivity contribution in [1.82, 2.24) is 24.6 Å². The van der Waals surface area contributed by atoms with E-state index in [1.54, 1.807) is 4.90 Å². The second-order valence-corrected chi connectivity index (χ2v) is 4.82. The van der Waals surface area contributed by atoms with Crippen LogP contribution in [0.4, 0.5) is 0 Å². The van der Waals surface area contributed by atoms with Crippen molar-refractivity contribution in [1.29, 1.82) is 0 Å². The van der Waals surface area contributed by atoms with E-state index in [1.807, 2.05) is 13.8 Å². The van der Waals surface area contributed by atoms with Crippen LogP contribution < -0.4 is 5.56 Å². The standard InChI is InChI=1S/C14H19N5O4/c1-3-18(4-2)11(20)5-6-12(21)23-9-19-13-10(7-17-19)14(22)16-8-15-13/h7-8H,3-6,9H2,1-2H3,(H,15,16,22). The molecule has 0 saturated heterocycles. The van der Waals surface area contributed by atoms with Crippen molar-refractivity contribution in [2.45, 2.75) is 33.4 Å². The number of aromatic amines is 1. The third kappa shape index (κ3) is 3.93. The van der Waals surface area contributed by atoms with E-state index in [0.29, 0.717) is 24.1 Å². The summed E-state index contributed by atoms with van der Waals surface area (Å²) < 4.78 is 6.38. The highest BCUT2D eigenvalue weighted by molar-refractivity contribution is 5.81. The molecule has 124 valence electrons. The van der Waals surface area contributed by atoms with Crippen molar-refractivity contribution in [3.8, 4) is 0 Å². The number of ether oxygens (including phenoxy) is 1. The number of amides is 1. The van der Waals surface area contributed by atoms with Gasteiger partial charge in [-0.3, -0.25) is 14.4 Å². The number of hydrogen-bond acceptors (Lipinski definition) is 6. The molecule has 0 fully saturated rings. The third-order valence-electron chi connectivity index (χ3n) is 3.45. The molecular formula is C14H19N5O4. The minimum atomic E-state index is -0.501. The maximum Gasteiger partial charge on any atom is 0.308 e. The minimum absolute atomic E-state index is 0.00253. The summed E-state index contributed by atoms with van der Waals surface area (Å²) in [6.45, 7) is 4.85. The van der Waals surface area contributed by atoms with Gasteiger partial charge in [0.1, 0.15) is 5.39 Å². The first-order chi connectivity index (χ1) is 11.1. The van der Waals surface area contributed by atoms with Gasteiger partial charge in [0.25, 0.3) is 5.56 Å². The lowest BCUT2D eigenvalue weighted by Gasteiger charge is -2.18. The van der Waals surface area contributed by atoms with Gasteiger partial charge in [-0.25, -0.2) is 9.67 Å². The lowest BCUT2D eigenvalue weighted by atomic mass is 10.3. The van der Waals surface area contributed by atoms with Gasteiger partial charge in [0.2, 0.25) is 5.91 Å². The fourth-order valence-electron chi connectivity index (χ4n) is 2.15. The van der Waals surface area contributed by atoms with Crippen LogP contribution in [0, 0.1) is 0 Å². The van der Waals surface area contributed by atoms with Crippen molar-refractivity contribution in [2.24, 2.45) is 0 Å². The molecule has 1 N–H and O–H groups in total. The first kappa shape index (κ1) is 16.7. The number of aromatic nitrogens is 4. The first-order valence-corrected chi connectivity index (χ1v) is 7.39. The molecule has 0 atom stereocenters. The van der Waals surface area contributed by atoms with E-state index in [0.717, 1.165) is 0 Å². The predicted molar refractivity (Wildman–Crippen MR) is 81.4 cm³/mol. The number of fused-ring (bicyclic) bond motifs is 1. The molecule has 9 heteroatoms. The van der Waals surface area contributed by atoms with E-state index >= 15 is 0 Å². The van der Waals surface area contributed by atoms with E-state index in [1.165, 1.54) is 17.2 Å². The lowest BCUT2D eigenvalue weighted by Crippen LogP contribution is -2.30. The molecule has 0 unspecified atom stereocenters. The molecule has 0 saturated carbocycles. The van der Waals surface area contributed by atoms with Crippen LogP contribution in [0.5, 0.6) is 0 Å². The molecule has 2 heterocycles. The second-order valence-electron chi connectivity index (χ2n) is 4.82. The largest absolute Gasteiger partial charge is 0.442 e. The SMILES string of the molecule is CCN(CC)C(=O)CCC(=O)OCn1ncc2c(=O)[nH]cnc21. The molecule has 0 spiro atoms. The van der Waals surface area contributed by atoms with Crippen molar-refractivity contribution in [2.75, 3.05) is 13.1 Å². The number of carbonyl (C=O) groups is 2. The molecule has 9 nitrogen and oxygen atoms in total. The fourth-order valence-corrected chi connectivity index (χ4v) is 2.15. The maximum atomic E-state index is 11.8. The van der Waals surface area contributed by atoms with Gasteiger partial charge in [0.15, 0.2) is 12.4 Å². The Balaban J connectivity index is 1.88. The van der Waals surface area contributed by atoms with Crippen LogP contribution in [-0.2, 0) is 21.1 Å². The van der Waals surface area contributed by atoms with Gasteiger partial charge in [-0.05, 0) is 13.8 Å². The topological polar surface area (TPSA) is 110 Å². The van der Waals surface area contributed by atoms with Gasteiger partial charge in [-0.1, -0.05) is 0 Å². The summed E-state index contributed by atoms with van der Waals surface area (Å²) >= 11 is 0. The van der Waals surface area contributed by atoms with Crippen molar-refractivity contribution in [3.05, 3.63) is 22.9 Å².